The van der Waals surface area contributed by atoms with Crippen LogP contribution in [0.4, 0.5) is 5.82 Å². The Bertz CT molecular complexity index is 1160. The molecule has 4 aromatic rings. The molecule has 1 atom stereocenters. The highest BCUT2D eigenvalue weighted by atomic mass is 79.9. The van der Waals surface area contributed by atoms with E-state index < -0.39 is 0 Å². The van der Waals surface area contributed by atoms with E-state index in [-0.39, 0.29) is 0 Å². The van der Waals surface area contributed by atoms with E-state index in [0.717, 1.165) is 51.5 Å². The van der Waals surface area contributed by atoms with Crippen molar-refractivity contribution in [2.24, 2.45) is 5.92 Å². The van der Waals surface area contributed by atoms with Crippen LogP contribution < -0.4 is 10.5 Å². The van der Waals surface area contributed by atoms with Crippen molar-refractivity contribution in [2.75, 3.05) is 12.3 Å². The van der Waals surface area contributed by atoms with E-state index in [1.165, 1.54) is 6.33 Å². The predicted molar refractivity (Wildman–Crippen MR) is 120 cm³/mol. The summed E-state index contributed by atoms with van der Waals surface area (Å²) >= 11 is 9.55. The molecule has 2 N–H and O–H groups in total. The van der Waals surface area contributed by atoms with Gasteiger partial charge in [0.05, 0.1) is 22.0 Å². The molecule has 150 valence electrons. The van der Waals surface area contributed by atoms with E-state index in [1.54, 1.807) is 0 Å². The fourth-order valence-corrected chi connectivity index (χ4v) is 3.85. The SMILES string of the molecule is CCC(CCn1ccc2c(Cl)ncnc21)COc1ccc2cc(Br)c(N)nc2c1. The second kappa shape index (κ2) is 8.55. The van der Waals surface area contributed by atoms with Crippen molar-refractivity contribution in [1.82, 2.24) is 19.5 Å². The number of nitrogen functional groups attached to an aromatic ring is 1. The fourth-order valence-electron chi connectivity index (χ4n) is 3.32. The zero-order valence-electron chi connectivity index (χ0n) is 16.0. The Hall–Kier alpha value is -2.38. The van der Waals surface area contributed by atoms with Crippen LogP contribution in [-0.2, 0) is 6.54 Å². The van der Waals surface area contributed by atoms with Crippen molar-refractivity contribution in [3.05, 3.63) is 52.5 Å². The average Bonchev–Trinajstić information content (AvgIpc) is 3.13. The smallest absolute Gasteiger partial charge is 0.144 e. The summed E-state index contributed by atoms with van der Waals surface area (Å²) in [6.45, 7) is 3.67. The van der Waals surface area contributed by atoms with E-state index in [2.05, 4.69) is 42.4 Å². The van der Waals surface area contributed by atoms with Crippen LogP contribution in [-0.4, -0.2) is 26.1 Å². The quantitative estimate of drug-likeness (QED) is 0.359. The highest BCUT2D eigenvalue weighted by molar-refractivity contribution is 9.10. The number of pyridine rings is 1. The number of rotatable bonds is 7. The standard InChI is InChI=1S/C21H21BrClN5O/c1-2-13(5-7-28-8-6-16-19(23)25-12-26-21(16)28)11-29-15-4-3-14-9-17(22)20(24)27-18(14)10-15/h3-4,6,8-10,12-13H,2,5,7,11H2,1H3,(H2,24,27). The zero-order valence-corrected chi connectivity index (χ0v) is 18.3. The van der Waals surface area contributed by atoms with Crippen LogP contribution in [0, 0.1) is 5.92 Å². The lowest BCUT2D eigenvalue weighted by molar-refractivity contribution is 0.231. The Morgan fingerprint density at radius 3 is 2.93 bits per heavy atom. The first-order valence-corrected chi connectivity index (χ1v) is 10.7. The van der Waals surface area contributed by atoms with E-state index in [1.807, 2.05) is 36.5 Å². The summed E-state index contributed by atoms with van der Waals surface area (Å²) in [5.41, 5.74) is 7.59. The van der Waals surface area contributed by atoms with Crippen LogP contribution in [0.1, 0.15) is 19.8 Å². The highest BCUT2D eigenvalue weighted by Crippen LogP contribution is 2.27. The van der Waals surface area contributed by atoms with Gasteiger partial charge in [-0.15, -0.1) is 0 Å². The Morgan fingerprint density at radius 2 is 2.10 bits per heavy atom. The topological polar surface area (TPSA) is 78.8 Å². The number of hydrogen-bond acceptors (Lipinski definition) is 5. The lowest BCUT2D eigenvalue weighted by atomic mass is 10.0. The van der Waals surface area contributed by atoms with E-state index in [9.17, 15) is 0 Å². The maximum atomic E-state index is 6.14. The second-order valence-electron chi connectivity index (χ2n) is 6.99. The molecule has 0 saturated carbocycles. The normalized spacial score (nSPS) is 12.5. The third kappa shape index (κ3) is 4.31. The first kappa shape index (κ1) is 19.9. The summed E-state index contributed by atoms with van der Waals surface area (Å²) in [5, 5.41) is 2.39. The molecule has 4 rings (SSSR count). The molecule has 0 saturated heterocycles. The monoisotopic (exact) mass is 473 g/mol. The lowest BCUT2D eigenvalue weighted by Crippen LogP contribution is -2.14. The van der Waals surface area contributed by atoms with Crippen molar-refractivity contribution in [3.63, 3.8) is 0 Å². The summed E-state index contributed by atoms with van der Waals surface area (Å²) in [5.74, 6) is 1.70. The number of anilines is 1. The fraction of sp³-hybridized carbons (Fsp3) is 0.286. The molecule has 1 unspecified atom stereocenters. The van der Waals surface area contributed by atoms with Crippen molar-refractivity contribution < 1.29 is 4.74 Å². The summed E-state index contributed by atoms with van der Waals surface area (Å²) in [4.78, 5) is 12.8. The molecule has 29 heavy (non-hydrogen) atoms. The largest absolute Gasteiger partial charge is 0.493 e. The van der Waals surface area contributed by atoms with Gasteiger partial charge in [0.25, 0.3) is 0 Å². The number of nitrogens with zero attached hydrogens (tertiary/aromatic N) is 4. The van der Waals surface area contributed by atoms with Gasteiger partial charge in [-0.2, -0.15) is 0 Å². The first-order valence-electron chi connectivity index (χ1n) is 9.49. The number of aryl methyl sites for hydroxylation is 1. The Morgan fingerprint density at radius 1 is 1.24 bits per heavy atom. The van der Waals surface area contributed by atoms with Crippen molar-refractivity contribution in [3.8, 4) is 5.75 Å². The number of benzene rings is 1. The molecule has 0 fully saturated rings. The number of halogens is 2. The first-order chi connectivity index (χ1) is 14.0. The van der Waals surface area contributed by atoms with Crippen LogP contribution in [0.2, 0.25) is 5.15 Å². The van der Waals surface area contributed by atoms with Crippen LogP contribution in [0.25, 0.3) is 21.9 Å². The molecule has 0 spiro atoms. The summed E-state index contributed by atoms with van der Waals surface area (Å²) < 4.78 is 8.98. The molecular formula is C21H21BrClN5O. The molecule has 0 bridgehead atoms. The highest BCUT2D eigenvalue weighted by Gasteiger charge is 2.12. The summed E-state index contributed by atoms with van der Waals surface area (Å²) in [6, 6.07) is 9.83. The third-order valence-corrected chi connectivity index (χ3v) is 6.05. The van der Waals surface area contributed by atoms with Crippen molar-refractivity contribution >= 4 is 55.3 Å². The van der Waals surface area contributed by atoms with E-state index in [0.29, 0.717) is 23.5 Å². The number of ether oxygens (including phenoxy) is 1. The molecule has 3 aromatic heterocycles. The summed E-state index contributed by atoms with van der Waals surface area (Å²) in [7, 11) is 0. The number of hydrogen-bond donors (Lipinski definition) is 1. The molecule has 3 heterocycles. The Balaban J connectivity index is 1.41. The number of aromatic nitrogens is 4. The van der Waals surface area contributed by atoms with Crippen LogP contribution in [0.15, 0.2) is 47.3 Å². The third-order valence-electron chi connectivity index (χ3n) is 5.12. The van der Waals surface area contributed by atoms with Gasteiger partial charge in [-0.05, 0) is 59.0 Å². The van der Waals surface area contributed by atoms with Gasteiger partial charge >= 0.3 is 0 Å². The molecule has 0 aliphatic heterocycles. The van der Waals surface area contributed by atoms with Gasteiger partial charge in [0.1, 0.15) is 28.7 Å². The van der Waals surface area contributed by atoms with Gasteiger partial charge in [-0.3, -0.25) is 0 Å². The van der Waals surface area contributed by atoms with Gasteiger partial charge < -0.3 is 15.0 Å². The van der Waals surface area contributed by atoms with Gasteiger partial charge in [0, 0.05) is 24.2 Å². The molecule has 0 aliphatic carbocycles. The maximum absolute atomic E-state index is 6.14. The Kier molecular flexibility index (Phi) is 5.87. The lowest BCUT2D eigenvalue weighted by Gasteiger charge is -2.17. The van der Waals surface area contributed by atoms with Crippen LogP contribution in [0.5, 0.6) is 5.75 Å². The molecule has 0 aliphatic rings. The van der Waals surface area contributed by atoms with Crippen molar-refractivity contribution in [2.45, 2.75) is 26.3 Å². The average molecular weight is 475 g/mol. The minimum atomic E-state index is 0.420. The maximum Gasteiger partial charge on any atom is 0.144 e. The second-order valence-corrected chi connectivity index (χ2v) is 8.21. The number of nitrogens with two attached hydrogens (primary N) is 1. The predicted octanol–water partition coefficient (Wildman–Crippen LogP) is 5.47. The molecule has 1 aromatic carbocycles. The molecule has 6 nitrogen and oxygen atoms in total. The Labute approximate surface area is 182 Å². The van der Waals surface area contributed by atoms with Gasteiger partial charge in [-0.25, -0.2) is 15.0 Å². The number of fused-ring (bicyclic) bond motifs is 2. The van der Waals surface area contributed by atoms with Crippen LogP contribution in [0.3, 0.4) is 0 Å². The van der Waals surface area contributed by atoms with E-state index in [4.69, 9.17) is 22.1 Å². The van der Waals surface area contributed by atoms with E-state index >= 15 is 0 Å². The molecular weight excluding hydrogens is 454 g/mol. The zero-order chi connectivity index (χ0) is 20.4. The van der Waals surface area contributed by atoms with Gasteiger partial charge in [0.15, 0.2) is 0 Å². The molecule has 8 heteroatoms. The van der Waals surface area contributed by atoms with Crippen molar-refractivity contribution in [1.29, 1.82) is 0 Å². The summed E-state index contributed by atoms with van der Waals surface area (Å²) in [6.07, 6.45) is 5.52. The van der Waals surface area contributed by atoms with Gasteiger partial charge in [-0.1, -0.05) is 18.5 Å². The molecule has 0 radical (unpaired) electrons. The van der Waals surface area contributed by atoms with Gasteiger partial charge in [0.2, 0.25) is 0 Å². The minimum Gasteiger partial charge on any atom is -0.493 e. The van der Waals surface area contributed by atoms with Crippen LogP contribution >= 0.6 is 27.5 Å². The molecule has 0 amide bonds. The minimum absolute atomic E-state index is 0.420.